The summed E-state index contributed by atoms with van der Waals surface area (Å²) in [6.07, 6.45) is 5.69. The molecule has 1 fully saturated rings. The van der Waals surface area contributed by atoms with Crippen LogP contribution in [0.15, 0.2) is 22.9 Å². The third kappa shape index (κ3) is 1.17. The zero-order valence-electron chi connectivity index (χ0n) is 7.65. The molecule has 2 heterocycles. The van der Waals surface area contributed by atoms with E-state index in [2.05, 4.69) is 32.1 Å². The molecule has 0 unspecified atom stereocenters. The maximum absolute atomic E-state index is 4.56. The summed E-state index contributed by atoms with van der Waals surface area (Å²) in [6.45, 7) is 0. The smallest absolute Gasteiger partial charge is 0.154 e. The Balaban J connectivity index is 2.13. The van der Waals surface area contributed by atoms with E-state index in [1.807, 2.05) is 10.6 Å². The van der Waals surface area contributed by atoms with Crippen LogP contribution in [-0.2, 0) is 0 Å². The quantitative estimate of drug-likeness (QED) is 0.781. The zero-order valence-corrected chi connectivity index (χ0v) is 9.24. The Kier molecular flexibility index (Phi) is 1.83. The van der Waals surface area contributed by atoms with Crippen LogP contribution in [0.25, 0.3) is 5.65 Å². The van der Waals surface area contributed by atoms with Gasteiger partial charge in [-0.15, -0.1) is 0 Å². The van der Waals surface area contributed by atoms with Crippen molar-refractivity contribution in [1.82, 2.24) is 14.6 Å². The summed E-state index contributed by atoms with van der Waals surface area (Å²) in [5.74, 6) is 0.675. The predicted octanol–water partition coefficient (Wildman–Crippen LogP) is 2.76. The fourth-order valence-electron chi connectivity index (χ4n) is 1.78. The van der Waals surface area contributed by atoms with Gasteiger partial charge in [0.05, 0.1) is 11.9 Å². The van der Waals surface area contributed by atoms with Gasteiger partial charge >= 0.3 is 0 Å². The number of rotatable bonds is 1. The lowest BCUT2D eigenvalue weighted by Gasteiger charge is -2.24. The second-order valence-corrected chi connectivity index (χ2v) is 4.55. The van der Waals surface area contributed by atoms with Gasteiger partial charge in [-0.2, -0.15) is 5.10 Å². The normalized spacial score (nSPS) is 17.2. The lowest BCUT2D eigenvalue weighted by Crippen LogP contribution is -2.12. The van der Waals surface area contributed by atoms with Crippen LogP contribution >= 0.6 is 15.9 Å². The average Bonchev–Trinajstić information content (AvgIpc) is 2.45. The van der Waals surface area contributed by atoms with Crippen molar-refractivity contribution in [2.24, 2.45) is 0 Å². The van der Waals surface area contributed by atoms with Gasteiger partial charge in [0, 0.05) is 5.92 Å². The molecule has 0 radical (unpaired) electrons. The Bertz CT molecular complexity index is 473. The Morgan fingerprint density at radius 1 is 1.36 bits per heavy atom. The van der Waals surface area contributed by atoms with Crippen LogP contribution in [0.4, 0.5) is 0 Å². The molecule has 0 aromatic carbocycles. The number of hydrogen-bond donors (Lipinski definition) is 0. The lowest BCUT2D eigenvalue weighted by molar-refractivity contribution is 0.406. The molecule has 72 valence electrons. The molecule has 0 spiro atoms. The minimum absolute atomic E-state index is 0.675. The van der Waals surface area contributed by atoms with Crippen LogP contribution in [0.3, 0.4) is 0 Å². The first-order chi connectivity index (χ1) is 6.84. The maximum atomic E-state index is 4.56. The van der Waals surface area contributed by atoms with Gasteiger partial charge in [-0.25, -0.2) is 9.50 Å². The minimum atomic E-state index is 0.675. The fourth-order valence-corrected chi connectivity index (χ4v) is 2.14. The molecule has 14 heavy (non-hydrogen) atoms. The van der Waals surface area contributed by atoms with Crippen molar-refractivity contribution in [3.05, 3.63) is 28.6 Å². The highest BCUT2D eigenvalue weighted by Gasteiger charge is 2.21. The van der Waals surface area contributed by atoms with Crippen molar-refractivity contribution in [2.75, 3.05) is 0 Å². The van der Waals surface area contributed by atoms with Crippen LogP contribution in [0, 0.1) is 0 Å². The Hall–Kier alpha value is -0.900. The number of hydrogen-bond acceptors (Lipinski definition) is 2. The maximum Gasteiger partial charge on any atom is 0.154 e. The van der Waals surface area contributed by atoms with Gasteiger partial charge in [-0.3, -0.25) is 0 Å². The van der Waals surface area contributed by atoms with E-state index in [4.69, 9.17) is 0 Å². The molecule has 1 aliphatic carbocycles. The molecule has 3 rings (SSSR count). The summed E-state index contributed by atoms with van der Waals surface area (Å²) in [6, 6.07) is 4.13. The van der Waals surface area contributed by atoms with E-state index in [0.717, 1.165) is 10.3 Å². The summed E-state index contributed by atoms with van der Waals surface area (Å²) in [7, 11) is 0. The molecule has 0 amide bonds. The monoisotopic (exact) mass is 251 g/mol. The first kappa shape index (κ1) is 8.41. The number of nitrogens with zero attached hydrogens (tertiary/aromatic N) is 3. The van der Waals surface area contributed by atoms with Gasteiger partial charge in [0.25, 0.3) is 0 Å². The summed E-state index contributed by atoms with van der Waals surface area (Å²) in [5, 5.41) is 4.56. The first-order valence-electron chi connectivity index (χ1n) is 4.85. The highest BCUT2D eigenvalue weighted by atomic mass is 79.9. The van der Waals surface area contributed by atoms with E-state index in [1.54, 1.807) is 6.20 Å². The topological polar surface area (TPSA) is 30.2 Å². The van der Waals surface area contributed by atoms with Crippen molar-refractivity contribution in [2.45, 2.75) is 25.2 Å². The Labute approximate surface area is 90.3 Å². The number of halogens is 1. The van der Waals surface area contributed by atoms with E-state index >= 15 is 0 Å². The van der Waals surface area contributed by atoms with Crippen LogP contribution in [-0.4, -0.2) is 14.6 Å². The third-order valence-corrected chi connectivity index (χ3v) is 3.41. The van der Waals surface area contributed by atoms with E-state index in [0.29, 0.717) is 5.92 Å². The highest BCUT2D eigenvalue weighted by molar-refractivity contribution is 9.10. The standard InChI is InChI=1S/C10H10BrN3/c11-9-6-12-10-5-4-8(13-14(9)10)7-2-1-3-7/h4-7H,1-3H2. The molecular formula is C10H10BrN3. The second-order valence-electron chi connectivity index (χ2n) is 3.74. The van der Waals surface area contributed by atoms with Crippen molar-refractivity contribution < 1.29 is 0 Å². The average molecular weight is 252 g/mol. The van der Waals surface area contributed by atoms with Gasteiger partial charge in [-0.1, -0.05) is 6.42 Å². The van der Waals surface area contributed by atoms with Crippen LogP contribution < -0.4 is 0 Å². The first-order valence-corrected chi connectivity index (χ1v) is 5.64. The molecule has 2 aromatic rings. The third-order valence-electron chi connectivity index (χ3n) is 2.86. The summed E-state index contributed by atoms with van der Waals surface area (Å²) in [5.41, 5.74) is 2.10. The molecule has 1 saturated carbocycles. The largest absolute Gasteiger partial charge is 0.234 e. The molecule has 4 heteroatoms. The van der Waals surface area contributed by atoms with Crippen molar-refractivity contribution in [1.29, 1.82) is 0 Å². The summed E-state index contributed by atoms with van der Waals surface area (Å²) < 4.78 is 2.78. The van der Waals surface area contributed by atoms with Gasteiger partial charge in [0.15, 0.2) is 5.65 Å². The Morgan fingerprint density at radius 3 is 2.93 bits per heavy atom. The van der Waals surface area contributed by atoms with Crippen LogP contribution in [0.5, 0.6) is 0 Å². The lowest BCUT2D eigenvalue weighted by atomic mass is 9.83. The molecule has 0 saturated heterocycles. The number of fused-ring (bicyclic) bond motifs is 1. The second kappa shape index (κ2) is 3.05. The fraction of sp³-hybridized carbons (Fsp3) is 0.400. The molecule has 0 aliphatic heterocycles. The van der Waals surface area contributed by atoms with Gasteiger partial charge < -0.3 is 0 Å². The Morgan fingerprint density at radius 2 is 2.21 bits per heavy atom. The highest BCUT2D eigenvalue weighted by Crippen LogP contribution is 2.35. The van der Waals surface area contributed by atoms with Crippen molar-refractivity contribution in [3.63, 3.8) is 0 Å². The van der Waals surface area contributed by atoms with Crippen LogP contribution in [0.2, 0.25) is 0 Å². The van der Waals surface area contributed by atoms with E-state index in [-0.39, 0.29) is 0 Å². The van der Waals surface area contributed by atoms with Gasteiger partial charge in [0.2, 0.25) is 0 Å². The SMILES string of the molecule is Brc1cnc2ccc(C3CCC3)nn12. The van der Waals surface area contributed by atoms with Crippen molar-refractivity contribution in [3.8, 4) is 0 Å². The molecule has 2 aromatic heterocycles. The van der Waals surface area contributed by atoms with Crippen LogP contribution in [0.1, 0.15) is 30.9 Å². The summed E-state index contributed by atoms with van der Waals surface area (Å²) >= 11 is 3.43. The van der Waals surface area contributed by atoms with Crippen molar-refractivity contribution >= 4 is 21.6 Å². The predicted molar refractivity (Wildman–Crippen MR) is 57.3 cm³/mol. The minimum Gasteiger partial charge on any atom is -0.234 e. The van der Waals surface area contributed by atoms with Gasteiger partial charge in [-0.05, 0) is 40.9 Å². The van der Waals surface area contributed by atoms with E-state index < -0.39 is 0 Å². The molecule has 0 bridgehead atoms. The molecule has 3 nitrogen and oxygen atoms in total. The zero-order chi connectivity index (χ0) is 9.54. The summed E-state index contributed by atoms with van der Waals surface area (Å²) in [4.78, 5) is 4.22. The van der Waals surface area contributed by atoms with E-state index in [1.165, 1.54) is 25.0 Å². The molecule has 0 N–H and O–H groups in total. The van der Waals surface area contributed by atoms with E-state index in [9.17, 15) is 0 Å². The van der Waals surface area contributed by atoms with Gasteiger partial charge in [0.1, 0.15) is 4.60 Å². The molecule has 0 atom stereocenters. The molecular weight excluding hydrogens is 242 g/mol. The number of aromatic nitrogens is 3. The molecule has 1 aliphatic rings. The number of imidazole rings is 1.